The van der Waals surface area contributed by atoms with Crippen molar-refractivity contribution < 1.29 is 9.53 Å². The van der Waals surface area contributed by atoms with Crippen molar-refractivity contribution >= 4 is 11.7 Å². The van der Waals surface area contributed by atoms with E-state index in [1.165, 1.54) is 6.42 Å². The molecule has 112 valence electrons. The Kier molecular flexibility index (Phi) is 4.10. The molecule has 0 spiro atoms. The molecule has 2 aromatic heterocycles. The number of ether oxygens (including phenoxy) is 1. The van der Waals surface area contributed by atoms with Gasteiger partial charge in [0.1, 0.15) is 0 Å². The average Bonchev–Trinajstić information content (AvgIpc) is 2.91. The van der Waals surface area contributed by atoms with Gasteiger partial charge in [-0.25, -0.2) is 4.98 Å². The molecular formula is C14H19N5O2. The fraction of sp³-hybridized carbons (Fsp3) is 0.571. The minimum atomic E-state index is -0.218. The fourth-order valence-electron chi connectivity index (χ4n) is 2.53. The highest BCUT2D eigenvalue weighted by Gasteiger charge is 2.17. The number of hydrogen-bond acceptors (Lipinski definition) is 5. The van der Waals surface area contributed by atoms with Gasteiger partial charge in [-0.15, -0.1) is 10.2 Å². The molecule has 1 amide bonds. The van der Waals surface area contributed by atoms with Crippen LogP contribution in [-0.2, 0) is 4.74 Å². The second-order valence-electron chi connectivity index (χ2n) is 5.39. The van der Waals surface area contributed by atoms with Crippen LogP contribution in [0.4, 0.5) is 0 Å². The number of nitrogens with zero attached hydrogens (tertiary/aromatic N) is 4. The molecule has 1 aliphatic heterocycles. The van der Waals surface area contributed by atoms with Crippen molar-refractivity contribution in [3.05, 3.63) is 23.8 Å². The zero-order chi connectivity index (χ0) is 14.7. The van der Waals surface area contributed by atoms with Gasteiger partial charge in [-0.1, -0.05) is 0 Å². The number of carbonyl (C=O) groups excluding carboxylic acids is 1. The number of fused-ring (bicyclic) bond motifs is 1. The summed E-state index contributed by atoms with van der Waals surface area (Å²) in [6, 6.07) is 1.83. The maximum Gasteiger partial charge on any atom is 0.289 e. The molecule has 7 nitrogen and oxygen atoms in total. The first-order chi connectivity index (χ1) is 10.2. The molecule has 1 atom stereocenters. The lowest BCUT2D eigenvalue weighted by Gasteiger charge is -2.21. The molecule has 0 saturated carbocycles. The first kappa shape index (κ1) is 13.9. The van der Waals surface area contributed by atoms with Gasteiger partial charge >= 0.3 is 0 Å². The Morgan fingerprint density at radius 1 is 1.52 bits per heavy atom. The number of rotatable bonds is 4. The molecule has 7 heteroatoms. The van der Waals surface area contributed by atoms with Gasteiger partial charge in [-0.05, 0) is 38.2 Å². The van der Waals surface area contributed by atoms with E-state index in [-0.39, 0.29) is 11.7 Å². The third kappa shape index (κ3) is 3.18. The number of nitrogens with one attached hydrogen (secondary N) is 1. The standard InChI is InChI=1S/C14H19N5O2/c1-10-5-7-19-12(17-18-14(19)16-10)13(20)15-6-4-11-3-2-8-21-9-11/h5,7,11H,2-4,6,8-9H2,1H3,(H,15,20)/t11-/m1/s1. The van der Waals surface area contributed by atoms with Crippen molar-refractivity contribution in [3.8, 4) is 0 Å². The SMILES string of the molecule is Cc1ccn2c(C(=O)NCC[C@H]3CCCOC3)nnc2n1. The Bertz CT molecular complexity index is 633. The smallest absolute Gasteiger partial charge is 0.289 e. The molecule has 2 aromatic rings. The first-order valence-electron chi connectivity index (χ1n) is 7.28. The highest BCUT2D eigenvalue weighted by atomic mass is 16.5. The average molecular weight is 289 g/mol. The van der Waals surface area contributed by atoms with E-state index in [2.05, 4.69) is 20.5 Å². The molecule has 0 unspecified atom stereocenters. The molecular weight excluding hydrogens is 270 g/mol. The van der Waals surface area contributed by atoms with Crippen LogP contribution in [-0.4, -0.2) is 45.2 Å². The van der Waals surface area contributed by atoms with Crippen molar-refractivity contribution in [1.82, 2.24) is 24.9 Å². The van der Waals surface area contributed by atoms with E-state index < -0.39 is 0 Å². The Hall–Kier alpha value is -2.02. The monoisotopic (exact) mass is 289 g/mol. The quantitative estimate of drug-likeness (QED) is 0.907. The molecule has 1 N–H and O–H groups in total. The maximum absolute atomic E-state index is 12.2. The second kappa shape index (κ2) is 6.17. The number of amides is 1. The van der Waals surface area contributed by atoms with Gasteiger partial charge in [0, 0.05) is 31.6 Å². The predicted octanol–water partition coefficient (Wildman–Crippen LogP) is 0.979. The Balaban J connectivity index is 1.59. The van der Waals surface area contributed by atoms with Crippen LogP contribution in [0, 0.1) is 12.8 Å². The summed E-state index contributed by atoms with van der Waals surface area (Å²) < 4.78 is 7.04. The molecule has 21 heavy (non-hydrogen) atoms. The zero-order valence-electron chi connectivity index (χ0n) is 12.1. The third-order valence-corrected chi connectivity index (χ3v) is 3.71. The van der Waals surface area contributed by atoms with Gasteiger partial charge in [0.05, 0.1) is 0 Å². The second-order valence-corrected chi connectivity index (χ2v) is 5.39. The van der Waals surface area contributed by atoms with E-state index in [1.54, 1.807) is 10.6 Å². The molecule has 1 fully saturated rings. The van der Waals surface area contributed by atoms with Crippen molar-refractivity contribution in [3.63, 3.8) is 0 Å². The van der Waals surface area contributed by atoms with Gasteiger partial charge in [-0.2, -0.15) is 0 Å². The highest BCUT2D eigenvalue weighted by molar-refractivity contribution is 5.91. The summed E-state index contributed by atoms with van der Waals surface area (Å²) in [6.07, 6.45) is 4.98. The number of carbonyl (C=O) groups is 1. The number of hydrogen-bond donors (Lipinski definition) is 1. The maximum atomic E-state index is 12.2. The van der Waals surface area contributed by atoms with Gasteiger partial charge in [0.15, 0.2) is 0 Å². The molecule has 0 radical (unpaired) electrons. The van der Waals surface area contributed by atoms with Crippen LogP contribution < -0.4 is 5.32 Å². The minimum absolute atomic E-state index is 0.218. The number of aromatic nitrogens is 4. The lowest BCUT2D eigenvalue weighted by atomic mass is 9.99. The van der Waals surface area contributed by atoms with Crippen LogP contribution in [0.3, 0.4) is 0 Å². The molecule has 0 aromatic carbocycles. The molecule has 3 heterocycles. The van der Waals surface area contributed by atoms with Crippen molar-refractivity contribution in [2.75, 3.05) is 19.8 Å². The lowest BCUT2D eigenvalue weighted by Crippen LogP contribution is -2.29. The van der Waals surface area contributed by atoms with Crippen LogP contribution in [0.25, 0.3) is 5.78 Å². The highest BCUT2D eigenvalue weighted by Crippen LogP contribution is 2.16. The molecule has 3 rings (SSSR count). The summed E-state index contributed by atoms with van der Waals surface area (Å²) in [6.45, 7) is 4.16. The third-order valence-electron chi connectivity index (χ3n) is 3.71. The van der Waals surface area contributed by atoms with Crippen LogP contribution in [0.15, 0.2) is 12.3 Å². The van der Waals surface area contributed by atoms with Crippen LogP contribution in [0.1, 0.15) is 35.6 Å². The summed E-state index contributed by atoms with van der Waals surface area (Å²) in [7, 11) is 0. The van der Waals surface area contributed by atoms with E-state index in [9.17, 15) is 4.79 Å². The van der Waals surface area contributed by atoms with E-state index in [1.807, 2.05) is 13.0 Å². The topological polar surface area (TPSA) is 81.4 Å². The zero-order valence-corrected chi connectivity index (χ0v) is 12.1. The van der Waals surface area contributed by atoms with Crippen LogP contribution in [0.5, 0.6) is 0 Å². The lowest BCUT2D eigenvalue weighted by molar-refractivity contribution is 0.0514. The Morgan fingerprint density at radius 3 is 3.24 bits per heavy atom. The normalized spacial score (nSPS) is 18.8. The van der Waals surface area contributed by atoms with Crippen molar-refractivity contribution in [2.24, 2.45) is 5.92 Å². The van der Waals surface area contributed by atoms with Crippen molar-refractivity contribution in [2.45, 2.75) is 26.2 Å². The minimum Gasteiger partial charge on any atom is -0.381 e. The van der Waals surface area contributed by atoms with Crippen molar-refractivity contribution in [1.29, 1.82) is 0 Å². The predicted molar refractivity (Wildman–Crippen MR) is 76.0 cm³/mol. The largest absolute Gasteiger partial charge is 0.381 e. The van der Waals surface area contributed by atoms with Gasteiger partial charge < -0.3 is 10.1 Å². The first-order valence-corrected chi connectivity index (χ1v) is 7.28. The number of aryl methyl sites for hydroxylation is 1. The molecule has 1 aliphatic rings. The summed E-state index contributed by atoms with van der Waals surface area (Å²) in [5.74, 6) is 1.04. The molecule has 0 aliphatic carbocycles. The van der Waals surface area contributed by atoms with Gasteiger partial charge in [0.2, 0.25) is 5.82 Å². The Morgan fingerprint density at radius 2 is 2.43 bits per heavy atom. The van der Waals surface area contributed by atoms with E-state index in [0.717, 1.165) is 31.7 Å². The van der Waals surface area contributed by atoms with E-state index in [0.29, 0.717) is 18.2 Å². The molecule has 0 bridgehead atoms. The summed E-state index contributed by atoms with van der Waals surface area (Å²) >= 11 is 0. The van der Waals surface area contributed by atoms with Gasteiger partial charge in [0.25, 0.3) is 11.7 Å². The molecule has 1 saturated heterocycles. The van der Waals surface area contributed by atoms with Crippen LogP contribution >= 0.6 is 0 Å². The summed E-state index contributed by atoms with van der Waals surface area (Å²) in [4.78, 5) is 16.4. The summed E-state index contributed by atoms with van der Waals surface area (Å²) in [5.41, 5.74) is 0.846. The summed E-state index contributed by atoms with van der Waals surface area (Å²) in [5, 5.41) is 10.7. The fourth-order valence-corrected chi connectivity index (χ4v) is 2.53. The Labute approximate surface area is 122 Å². The van der Waals surface area contributed by atoms with Gasteiger partial charge in [-0.3, -0.25) is 9.20 Å². The van der Waals surface area contributed by atoms with E-state index in [4.69, 9.17) is 4.74 Å². The van der Waals surface area contributed by atoms with Crippen LogP contribution in [0.2, 0.25) is 0 Å². The van der Waals surface area contributed by atoms with E-state index >= 15 is 0 Å².